The summed E-state index contributed by atoms with van der Waals surface area (Å²) in [5, 5.41) is 2.84. The van der Waals surface area contributed by atoms with Crippen LogP contribution in [-0.4, -0.2) is 53.4 Å². The van der Waals surface area contributed by atoms with Crippen LogP contribution in [0.2, 0.25) is 0 Å². The number of ether oxygens (including phenoxy) is 2. The summed E-state index contributed by atoms with van der Waals surface area (Å²) in [6.07, 6.45) is 4.28. The lowest BCUT2D eigenvalue weighted by Gasteiger charge is -2.15. The lowest BCUT2D eigenvalue weighted by Crippen LogP contribution is -2.33. The summed E-state index contributed by atoms with van der Waals surface area (Å²) in [6, 6.07) is 6.24. The monoisotopic (exact) mass is 456 g/mol. The molecule has 0 aromatic heterocycles. The minimum Gasteiger partial charge on any atom is -0.434 e. The Morgan fingerprint density at radius 2 is 2.23 bits per heavy atom. The Morgan fingerprint density at radius 1 is 1.43 bits per heavy atom. The van der Waals surface area contributed by atoms with E-state index in [4.69, 9.17) is 17.0 Å². The molecule has 1 aromatic carbocycles. The fourth-order valence-corrected chi connectivity index (χ4v) is 4.46. The lowest BCUT2D eigenvalue weighted by molar-refractivity contribution is -0.124. The molecule has 2 heterocycles. The Balaban J connectivity index is 1.52. The minimum absolute atomic E-state index is 0.0133. The normalized spacial score (nSPS) is 20.4. The predicted octanol–water partition coefficient (Wildman–Crippen LogP) is 3.56. The lowest BCUT2D eigenvalue weighted by atomic mass is 10.2. The Bertz CT molecular complexity index is 829. The first-order valence-electron chi connectivity index (χ1n) is 9.61. The highest BCUT2D eigenvalue weighted by molar-refractivity contribution is 8.26. The molecule has 1 aromatic rings. The first kappa shape index (κ1) is 22.6. The van der Waals surface area contributed by atoms with Gasteiger partial charge in [0.1, 0.15) is 10.1 Å². The second-order valence-corrected chi connectivity index (χ2v) is 8.47. The van der Waals surface area contributed by atoms with Gasteiger partial charge in [-0.2, -0.15) is 8.78 Å². The van der Waals surface area contributed by atoms with Crippen LogP contribution in [0.15, 0.2) is 29.2 Å². The fraction of sp³-hybridized carbons (Fsp3) is 0.450. The van der Waals surface area contributed by atoms with Crippen molar-refractivity contribution in [1.82, 2.24) is 10.2 Å². The number of carbonyl (C=O) groups is 2. The molecular formula is C20H22F2N2O4S2. The number of nitrogens with one attached hydrogen (secondary N) is 1. The number of hydrogen-bond acceptors (Lipinski definition) is 6. The third-order valence-corrected chi connectivity index (χ3v) is 6.01. The molecule has 2 amide bonds. The Hall–Kier alpha value is -2.04. The number of para-hydroxylation sites is 1. The van der Waals surface area contributed by atoms with Crippen LogP contribution in [0, 0.1) is 0 Å². The maximum atomic E-state index is 12.7. The van der Waals surface area contributed by atoms with Crippen LogP contribution in [0.25, 0.3) is 6.08 Å². The van der Waals surface area contributed by atoms with Crippen molar-refractivity contribution in [3.05, 3.63) is 34.7 Å². The summed E-state index contributed by atoms with van der Waals surface area (Å²) in [5.41, 5.74) is 0.367. The highest BCUT2D eigenvalue weighted by Crippen LogP contribution is 2.34. The summed E-state index contributed by atoms with van der Waals surface area (Å²) >= 11 is 6.37. The summed E-state index contributed by atoms with van der Waals surface area (Å²) in [5.74, 6) is -0.415. The SMILES string of the molecule is O=C(CCCN1C(=O)C(=Cc2ccccc2OC(F)F)SC1=S)NCC1CCCO1. The van der Waals surface area contributed by atoms with Gasteiger partial charge in [-0.05, 0) is 31.4 Å². The van der Waals surface area contributed by atoms with Gasteiger partial charge in [0.05, 0.1) is 11.0 Å². The molecule has 3 rings (SSSR count). The number of benzene rings is 1. The molecule has 0 bridgehead atoms. The van der Waals surface area contributed by atoms with Gasteiger partial charge in [0.2, 0.25) is 5.91 Å². The highest BCUT2D eigenvalue weighted by atomic mass is 32.2. The average molecular weight is 457 g/mol. The molecule has 0 spiro atoms. The van der Waals surface area contributed by atoms with Crippen LogP contribution >= 0.6 is 24.0 Å². The van der Waals surface area contributed by atoms with E-state index in [0.29, 0.717) is 34.3 Å². The van der Waals surface area contributed by atoms with E-state index in [1.165, 1.54) is 17.0 Å². The number of carbonyl (C=O) groups excluding carboxylic acids is 2. The van der Waals surface area contributed by atoms with Crippen LogP contribution in [0.1, 0.15) is 31.2 Å². The Morgan fingerprint density at radius 3 is 2.97 bits per heavy atom. The number of nitrogens with zero attached hydrogens (tertiary/aromatic N) is 1. The molecule has 0 aliphatic carbocycles. The number of alkyl halides is 2. The molecule has 2 aliphatic heterocycles. The zero-order valence-corrected chi connectivity index (χ0v) is 17.8. The van der Waals surface area contributed by atoms with E-state index in [9.17, 15) is 18.4 Å². The van der Waals surface area contributed by atoms with Crippen molar-refractivity contribution in [3.8, 4) is 5.75 Å². The van der Waals surface area contributed by atoms with Crippen molar-refractivity contribution in [2.45, 2.75) is 38.4 Å². The number of thioether (sulfide) groups is 1. The minimum atomic E-state index is -2.96. The zero-order valence-electron chi connectivity index (χ0n) is 16.1. The Labute approximate surface area is 183 Å². The van der Waals surface area contributed by atoms with Crippen molar-refractivity contribution in [2.24, 2.45) is 0 Å². The molecule has 2 aliphatic rings. The van der Waals surface area contributed by atoms with Crippen molar-refractivity contribution in [2.75, 3.05) is 19.7 Å². The number of rotatable bonds is 9. The molecule has 2 saturated heterocycles. The maximum absolute atomic E-state index is 12.7. The quantitative estimate of drug-likeness (QED) is 0.453. The standard InChI is InChI=1S/C20H22F2N2O4S2/c21-19(22)28-15-7-2-1-5-13(15)11-16-18(26)24(20(29)30-16)9-3-8-17(25)23-12-14-6-4-10-27-14/h1-2,5,7,11,14,19H,3-4,6,8-10,12H2,(H,23,25). The smallest absolute Gasteiger partial charge is 0.387 e. The van der Waals surface area contributed by atoms with Gasteiger partial charge in [0, 0.05) is 31.7 Å². The molecule has 1 N–H and O–H groups in total. The summed E-state index contributed by atoms with van der Waals surface area (Å²) < 4.78 is 35.5. The largest absolute Gasteiger partial charge is 0.434 e. The third kappa shape index (κ3) is 6.23. The van der Waals surface area contributed by atoms with Gasteiger partial charge in [-0.25, -0.2) is 0 Å². The van der Waals surface area contributed by atoms with Gasteiger partial charge in [0.15, 0.2) is 0 Å². The van der Waals surface area contributed by atoms with Gasteiger partial charge in [-0.15, -0.1) is 0 Å². The van der Waals surface area contributed by atoms with Gasteiger partial charge in [-0.3, -0.25) is 14.5 Å². The first-order valence-corrected chi connectivity index (χ1v) is 10.8. The van der Waals surface area contributed by atoms with Crippen LogP contribution < -0.4 is 10.1 Å². The van der Waals surface area contributed by atoms with Gasteiger partial charge in [0.25, 0.3) is 5.91 Å². The molecule has 1 atom stereocenters. The topological polar surface area (TPSA) is 67.9 Å². The predicted molar refractivity (Wildman–Crippen MR) is 114 cm³/mol. The molecule has 30 heavy (non-hydrogen) atoms. The summed E-state index contributed by atoms with van der Waals surface area (Å²) in [4.78, 5) is 26.4. The van der Waals surface area contributed by atoms with Gasteiger partial charge < -0.3 is 14.8 Å². The van der Waals surface area contributed by atoms with E-state index in [1.807, 2.05) is 0 Å². The molecule has 0 radical (unpaired) electrons. The first-order chi connectivity index (χ1) is 14.4. The fourth-order valence-electron chi connectivity index (χ4n) is 3.16. The van der Waals surface area contributed by atoms with E-state index < -0.39 is 6.61 Å². The van der Waals surface area contributed by atoms with E-state index in [0.717, 1.165) is 31.2 Å². The van der Waals surface area contributed by atoms with Crippen molar-refractivity contribution in [3.63, 3.8) is 0 Å². The van der Waals surface area contributed by atoms with E-state index in [1.54, 1.807) is 18.2 Å². The second-order valence-electron chi connectivity index (χ2n) is 6.79. The third-order valence-electron chi connectivity index (χ3n) is 4.63. The molecule has 10 heteroatoms. The van der Waals surface area contributed by atoms with Gasteiger partial charge >= 0.3 is 6.61 Å². The maximum Gasteiger partial charge on any atom is 0.387 e. The highest BCUT2D eigenvalue weighted by Gasteiger charge is 2.32. The van der Waals surface area contributed by atoms with Crippen molar-refractivity contribution < 1.29 is 27.8 Å². The van der Waals surface area contributed by atoms with E-state index >= 15 is 0 Å². The van der Waals surface area contributed by atoms with Crippen LogP contribution in [-0.2, 0) is 14.3 Å². The number of hydrogen-bond donors (Lipinski definition) is 1. The number of halogens is 2. The molecule has 1 unspecified atom stereocenters. The summed E-state index contributed by atoms with van der Waals surface area (Å²) in [7, 11) is 0. The average Bonchev–Trinajstić information content (AvgIpc) is 3.31. The number of thiocarbonyl (C=S) groups is 1. The molecular weight excluding hydrogens is 434 g/mol. The molecule has 2 fully saturated rings. The van der Waals surface area contributed by atoms with Crippen LogP contribution in [0.3, 0.4) is 0 Å². The Kier molecular flexibility index (Phi) is 8.17. The van der Waals surface area contributed by atoms with Crippen LogP contribution in [0.5, 0.6) is 5.75 Å². The van der Waals surface area contributed by atoms with Crippen LogP contribution in [0.4, 0.5) is 8.78 Å². The second kappa shape index (κ2) is 10.8. The van der Waals surface area contributed by atoms with Gasteiger partial charge in [-0.1, -0.05) is 42.2 Å². The zero-order chi connectivity index (χ0) is 21.5. The van der Waals surface area contributed by atoms with Crippen molar-refractivity contribution in [1.29, 1.82) is 0 Å². The molecule has 6 nitrogen and oxygen atoms in total. The molecule has 0 saturated carbocycles. The molecule has 162 valence electrons. The summed E-state index contributed by atoms with van der Waals surface area (Å²) in [6.45, 7) is -1.41. The number of amides is 2. The van der Waals surface area contributed by atoms with Crippen molar-refractivity contribution >= 4 is 46.2 Å². The van der Waals surface area contributed by atoms with E-state index in [2.05, 4.69) is 10.1 Å². The van der Waals surface area contributed by atoms with E-state index in [-0.39, 0.29) is 30.1 Å².